The van der Waals surface area contributed by atoms with Gasteiger partial charge in [-0.1, -0.05) is 0 Å². The highest BCUT2D eigenvalue weighted by Crippen LogP contribution is 2.31. The van der Waals surface area contributed by atoms with Gasteiger partial charge in [0.05, 0.1) is 5.69 Å². The lowest BCUT2D eigenvalue weighted by Crippen LogP contribution is -2.17. The van der Waals surface area contributed by atoms with Crippen molar-refractivity contribution in [3.05, 3.63) is 47.8 Å². The number of carbonyl (C=O) groups excluding carboxylic acids is 1. The van der Waals surface area contributed by atoms with E-state index < -0.39 is 5.82 Å². The Bertz CT molecular complexity index is 703. The van der Waals surface area contributed by atoms with Gasteiger partial charge >= 0.3 is 0 Å². The molecule has 108 valence electrons. The summed E-state index contributed by atoms with van der Waals surface area (Å²) in [4.78, 5) is 12.1. The van der Waals surface area contributed by atoms with Gasteiger partial charge in [0, 0.05) is 11.3 Å². The number of halogens is 1. The number of fused-ring (bicyclic) bond motifs is 1. The fourth-order valence-corrected chi connectivity index (χ4v) is 1.99. The van der Waals surface area contributed by atoms with Crippen molar-refractivity contribution < 1.29 is 18.7 Å². The number of rotatable bonds is 2. The Morgan fingerprint density at radius 1 is 1.10 bits per heavy atom. The van der Waals surface area contributed by atoms with Gasteiger partial charge in [-0.15, -0.1) is 0 Å². The molecule has 0 unspecified atom stereocenters. The van der Waals surface area contributed by atoms with Gasteiger partial charge in [-0.05, 0) is 36.4 Å². The first-order chi connectivity index (χ1) is 10.1. The maximum Gasteiger partial charge on any atom is 0.255 e. The van der Waals surface area contributed by atoms with E-state index in [1.165, 1.54) is 18.2 Å². The van der Waals surface area contributed by atoms with E-state index in [1.807, 2.05) is 0 Å². The Balaban J connectivity index is 1.80. The molecule has 1 aliphatic rings. The lowest BCUT2D eigenvalue weighted by Gasteiger charge is -2.18. The molecule has 1 heterocycles. The van der Waals surface area contributed by atoms with Crippen LogP contribution in [0.2, 0.25) is 0 Å². The second kappa shape index (κ2) is 5.32. The van der Waals surface area contributed by atoms with Gasteiger partial charge in [0.1, 0.15) is 19.0 Å². The third-order valence-corrected chi connectivity index (χ3v) is 3.06. The predicted octanol–water partition coefficient (Wildman–Crippen LogP) is 2.43. The van der Waals surface area contributed by atoms with Crippen LogP contribution in [0, 0.1) is 5.82 Å². The zero-order chi connectivity index (χ0) is 14.8. The van der Waals surface area contributed by atoms with Crippen LogP contribution in [0.3, 0.4) is 0 Å². The third-order valence-electron chi connectivity index (χ3n) is 3.06. The van der Waals surface area contributed by atoms with Gasteiger partial charge in [0.2, 0.25) is 0 Å². The summed E-state index contributed by atoms with van der Waals surface area (Å²) in [5.74, 6) is 0.194. The Labute approximate surface area is 120 Å². The summed E-state index contributed by atoms with van der Waals surface area (Å²) in [6, 6.07) is 9.00. The van der Waals surface area contributed by atoms with E-state index in [9.17, 15) is 9.18 Å². The van der Waals surface area contributed by atoms with Crippen LogP contribution in [0.25, 0.3) is 0 Å². The first-order valence-corrected chi connectivity index (χ1v) is 6.39. The molecule has 2 aromatic rings. The van der Waals surface area contributed by atoms with Crippen molar-refractivity contribution in [2.45, 2.75) is 0 Å². The molecule has 0 atom stereocenters. The zero-order valence-electron chi connectivity index (χ0n) is 11.1. The minimum Gasteiger partial charge on any atom is -0.486 e. The molecule has 0 bridgehead atoms. The summed E-state index contributed by atoms with van der Waals surface area (Å²) in [5.41, 5.74) is 6.16. The van der Waals surface area contributed by atoms with Crippen molar-refractivity contribution in [2.75, 3.05) is 24.3 Å². The summed E-state index contributed by atoms with van der Waals surface area (Å²) in [6.45, 7) is 0.935. The number of nitrogens with one attached hydrogen (secondary N) is 1. The first kappa shape index (κ1) is 13.2. The number of amides is 1. The largest absolute Gasteiger partial charge is 0.486 e. The summed E-state index contributed by atoms with van der Waals surface area (Å²) >= 11 is 0. The molecular formula is C15H13FN2O3. The van der Waals surface area contributed by atoms with E-state index in [-0.39, 0.29) is 11.6 Å². The molecule has 1 aliphatic heterocycles. The van der Waals surface area contributed by atoms with E-state index in [2.05, 4.69) is 5.32 Å². The second-order valence-electron chi connectivity index (χ2n) is 4.55. The van der Waals surface area contributed by atoms with Crippen LogP contribution in [0.15, 0.2) is 36.4 Å². The lowest BCUT2D eigenvalue weighted by atomic mass is 10.1. The molecule has 21 heavy (non-hydrogen) atoms. The van der Waals surface area contributed by atoms with Crippen molar-refractivity contribution in [1.29, 1.82) is 0 Å². The van der Waals surface area contributed by atoms with Crippen molar-refractivity contribution >= 4 is 17.3 Å². The van der Waals surface area contributed by atoms with E-state index in [4.69, 9.17) is 15.2 Å². The summed E-state index contributed by atoms with van der Waals surface area (Å²) in [5, 5.41) is 2.60. The van der Waals surface area contributed by atoms with Gasteiger partial charge in [-0.3, -0.25) is 4.79 Å². The normalized spacial score (nSPS) is 12.8. The number of hydrogen-bond donors (Lipinski definition) is 2. The molecule has 6 heteroatoms. The molecular weight excluding hydrogens is 275 g/mol. The molecule has 0 aliphatic carbocycles. The fraction of sp³-hybridized carbons (Fsp3) is 0.133. The number of carbonyl (C=O) groups is 1. The Hall–Kier alpha value is -2.76. The third kappa shape index (κ3) is 2.74. The number of nitrogen functional groups attached to an aromatic ring is 1. The topological polar surface area (TPSA) is 73.6 Å². The Morgan fingerprint density at radius 2 is 1.86 bits per heavy atom. The van der Waals surface area contributed by atoms with Crippen LogP contribution in [0.5, 0.6) is 11.5 Å². The van der Waals surface area contributed by atoms with E-state index >= 15 is 0 Å². The highest BCUT2D eigenvalue weighted by molar-refractivity contribution is 6.04. The molecule has 3 N–H and O–H groups in total. The molecule has 0 fully saturated rings. The molecule has 5 nitrogen and oxygen atoms in total. The molecule has 0 spiro atoms. The molecule has 0 aromatic heterocycles. The highest BCUT2D eigenvalue weighted by atomic mass is 19.1. The quantitative estimate of drug-likeness (QED) is 0.832. The fourth-order valence-electron chi connectivity index (χ4n) is 1.99. The number of anilines is 2. The summed E-state index contributed by atoms with van der Waals surface area (Å²) < 4.78 is 24.1. The molecule has 2 aromatic carbocycles. The average molecular weight is 288 g/mol. The van der Waals surface area contributed by atoms with Gasteiger partial charge in [-0.25, -0.2) is 4.39 Å². The molecule has 1 amide bonds. The average Bonchev–Trinajstić information content (AvgIpc) is 2.50. The van der Waals surface area contributed by atoms with E-state index in [1.54, 1.807) is 18.2 Å². The van der Waals surface area contributed by atoms with Crippen LogP contribution in [-0.2, 0) is 0 Å². The number of benzene rings is 2. The van der Waals surface area contributed by atoms with Crippen LogP contribution in [0.4, 0.5) is 15.8 Å². The molecule has 0 saturated heterocycles. The van der Waals surface area contributed by atoms with Crippen LogP contribution in [0.1, 0.15) is 10.4 Å². The Kier molecular flexibility index (Phi) is 3.35. The van der Waals surface area contributed by atoms with Gasteiger partial charge in [0.15, 0.2) is 11.5 Å². The smallest absolute Gasteiger partial charge is 0.255 e. The lowest BCUT2D eigenvalue weighted by molar-refractivity contribution is 0.102. The monoisotopic (exact) mass is 288 g/mol. The number of nitrogens with two attached hydrogens (primary N) is 1. The number of ether oxygens (including phenoxy) is 2. The molecule has 0 radical (unpaired) electrons. The number of hydrogen-bond acceptors (Lipinski definition) is 4. The SMILES string of the molecule is Nc1ccc(NC(=O)c2ccc3c(c2)OCCO3)cc1F. The van der Waals surface area contributed by atoms with E-state index in [0.29, 0.717) is 36.0 Å². The minimum atomic E-state index is -0.574. The summed E-state index contributed by atoms with van der Waals surface area (Å²) in [6.07, 6.45) is 0. The van der Waals surface area contributed by atoms with Gasteiger partial charge in [-0.2, -0.15) is 0 Å². The Morgan fingerprint density at radius 3 is 2.62 bits per heavy atom. The molecule has 0 saturated carbocycles. The van der Waals surface area contributed by atoms with Crippen LogP contribution < -0.4 is 20.5 Å². The maximum atomic E-state index is 13.3. The van der Waals surface area contributed by atoms with Gasteiger partial charge in [0.25, 0.3) is 5.91 Å². The van der Waals surface area contributed by atoms with E-state index in [0.717, 1.165) is 0 Å². The maximum absolute atomic E-state index is 13.3. The van der Waals surface area contributed by atoms with Crippen molar-refractivity contribution in [2.24, 2.45) is 0 Å². The first-order valence-electron chi connectivity index (χ1n) is 6.39. The van der Waals surface area contributed by atoms with Crippen LogP contribution >= 0.6 is 0 Å². The zero-order valence-corrected chi connectivity index (χ0v) is 11.1. The minimum absolute atomic E-state index is 0.0346. The second-order valence-corrected chi connectivity index (χ2v) is 4.55. The highest BCUT2D eigenvalue weighted by Gasteiger charge is 2.15. The predicted molar refractivity (Wildman–Crippen MR) is 76.2 cm³/mol. The summed E-state index contributed by atoms with van der Waals surface area (Å²) in [7, 11) is 0. The van der Waals surface area contributed by atoms with Crippen LogP contribution in [-0.4, -0.2) is 19.1 Å². The van der Waals surface area contributed by atoms with Crippen molar-refractivity contribution in [3.8, 4) is 11.5 Å². The van der Waals surface area contributed by atoms with Crippen molar-refractivity contribution in [1.82, 2.24) is 0 Å². The standard InChI is InChI=1S/C15H13FN2O3/c16-11-8-10(2-3-12(11)17)18-15(19)9-1-4-13-14(7-9)21-6-5-20-13/h1-4,7-8H,5-6,17H2,(H,18,19). The molecule has 3 rings (SSSR count). The van der Waals surface area contributed by atoms with Gasteiger partial charge < -0.3 is 20.5 Å². The van der Waals surface area contributed by atoms with Crippen molar-refractivity contribution in [3.63, 3.8) is 0 Å².